The molecule has 0 unspecified atom stereocenters. The summed E-state index contributed by atoms with van der Waals surface area (Å²) >= 11 is 6.04. The van der Waals surface area contributed by atoms with E-state index in [1.165, 1.54) is 29.9 Å². The van der Waals surface area contributed by atoms with E-state index in [1.807, 2.05) is 12.1 Å². The van der Waals surface area contributed by atoms with E-state index < -0.39 is 11.6 Å². The van der Waals surface area contributed by atoms with Crippen LogP contribution >= 0.6 is 23.6 Å². The largest absolute Gasteiger partial charge is 0.206 e. The van der Waals surface area contributed by atoms with Gasteiger partial charge in [-0.05, 0) is 72.6 Å². The van der Waals surface area contributed by atoms with E-state index >= 15 is 0 Å². The molecule has 0 atom stereocenters. The Morgan fingerprint density at radius 2 is 1.67 bits per heavy atom. The maximum atomic E-state index is 14.7. The zero-order valence-electron chi connectivity index (χ0n) is 15.0. The monoisotopic (exact) mass is 399 g/mol. The number of hydrogen-bond acceptors (Lipinski definition) is 3. The average Bonchev–Trinajstić information content (AvgIpc) is 3.10. The van der Waals surface area contributed by atoms with Crippen LogP contribution in [0.2, 0.25) is 0 Å². The molecular formula is C22H19F2NS2. The van der Waals surface area contributed by atoms with E-state index in [0.717, 1.165) is 24.1 Å². The topological polar surface area (TPSA) is 12.4 Å². The molecule has 5 heteroatoms. The van der Waals surface area contributed by atoms with Gasteiger partial charge in [-0.15, -0.1) is 11.3 Å². The standard InChI is InChI=1S/C22H19F2NS2/c1-2-3-4-5-18-10-11-21(27-18)22-19(23)12-16(13-20(22)24)15-6-8-17(9-7-15)25-14-26/h6-13H,2-5H2,1H3. The Morgan fingerprint density at radius 1 is 0.963 bits per heavy atom. The second kappa shape index (κ2) is 9.14. The SMILES string of the molecule is CCCCCc1ccc(-c2c(F)cc(-c3ccc(N=C=S)cc3)cc2F)s1. The Labute approximate surface area is 167 Å². The lowest BCUT2D eigenvalue weighted by molar-refractivity contribution is 0.591. The average molecular weight is 400 g/mol. The highest BCUT2D eigenvalue weighted by Crippen LogP contribution is 2.35. The summed E-state index contributed by atoms with van der Waals surface area (Å²) in [5.74, 6) is -1.10. The molecule has 0 aliphatic carbocycles. The van der Waals surface area contributed by atoms with Crippen molar-refractivity contribution in [2.75, 3.05) is 0 Å². The first-order chi connectivity index (χ1) is 13.1. The molecule has 0 spiro atoms. The van der Waals surface area contributed by atoms with Gasteiger partial charge in [0.05, 0.1) is 16.4 Å². The van der Waals surface area contributed by atoms with Crippen molar-refractivity contribution in [2.24, 2.45) is 4.99 Å². The number of thiocarbonyl (C=S) groups is 1. The summed E-state index contributed by atoms with van der Waals surface area (Å²) in [7, 11) is 0. The van der Waals surface area contributed by atoms with Crippen LogP contribution in [0.25, 0.3) is 21.6 Å². The van der Waals surface area contributed by atoms with Crippen molar-refractivity contribution < 1.29 is 8.78 Å². The fourth-order valence-corrected chi connectivity index (χ4v) is 4.16. The number of isothiocyanates is 1. The van der Waals surface area contributed by atoms with Gasteiger partial charge in [-0.25, -0.2) is 8.78 Å². The number of hydrogen-bond donors (Lipinski definition) is 0. The maximum absolute atomic E-state index is 14.7. The fourth-order valence-electron chi connectivity index (χ4n) is 2.95. The first kappa shape index (κ1) is 19.6. The van der Waals surface area contributed by atoms with Gasteiger partial charge in [0.25, 0.3) is 0 Å². The van der Waals surface area contributed by atoms with Gasteiger partial charge in [-0.2, -0.15) is 4.99 Å². The van der Waals surface area contributed by atoms with Crippen molar-refractivity contribution in [1.29, 1.82) is 0 Å². The van der Waals surface area contributed by atoms with Crippen LogP contribution in [0, 0.1) is 11.6 Å². The number of unbranched alkanes of at least 4 members (excludes halogenated alkanes) is 2. The Hall–Kier alpha value is -2.20. The molecule has 1 nitrogen and oxygen atoms in total. The second-order valence-electron chi connectivity index (χ2n) is 6.29. The molecule has 0 N–H and O–H groups in total. The van der Waals surface area contributed by atoms with Crippen LogP contribution in [0.5, 0.6) is 0 Å². The highest BCUT2D eigenvalue weighted by atomic mass is 32.1. The minimum Gasteiger partial charge on any atom is -0.206 e. The Balaban J connectivity index is 1.88. The molecule has 0 bridgehead atoms. The molecule has 3 aromatic rings. The molecular weight excluding hydrogens is 380 g/mol. The normalized spacial score (nSPS) is 10.6. The quantitative estimate of drug-likeness (QED) is 0.224. The molecule has 0 saturated heterocycles. The van der Waals surface area contributed by atoms with E-state index in [4.69, 9.17) is 0 Å². The van der Waals surface area contributed by atoms with Gasteiger partial charge in [0.2, 0.25) is 0 Å². The maximum Gasteiger partial charge on any atom is 0.135 e. The zero-order chi connectivity index (χ0) is 19.2. The van der Waals surface area contributed by atoms with Crippen molar-refractivity contribution in [3.63, 3.8) is 0 Å². The number of thiophene rings is 1. The molecule has 3 rings (SSSR count). The van der Waals surface area contributed by atoms with E-state index in [-0.39, 0.29) is 5.56 Å². The van der Waals surface area contributed by atoms with Crippen LogP contribution in [0.1, 0.15) is 31.1 Å². The second-order valence-corrected chi connectivity index (χ2v) is 7.64. The first-order valence-corrected chi connectivity index (χ1v) is 10.1. The Morgan fingerprint density at radius 3 is 2.30 bits per heavy atom. The van der Waals surface area contributed by atoms with Crippen LogP contribution in [0.4, 0.5) is 14.5 Å². The molecule has 0 aliphatic heterocycles. The molecule has 0 amide bonds. The van der Waals surface area contributed by atoms with Crippen LogP contribution in [-0.4, -0.2) is 5.16 Å². The van der Waals surface area contributed by atoms with E-state index in [0.29, 0.717) is 21.7 Å². The van der Waals surface area contributed by atoms with Gasteiger partial charge < -0.3 is 0 Å². The number of halogens is 2. The van der Waals surface area contributed by atoms with Gasteiger partial charge in [-0.3, -0.25) is 0 Å². The fraction of sp³-hybridized carbons (Fsp3) is 0.227. The Kier molecular flexibility index (Phi) is 6.62. The number of aliphatic imine (C=N–C) groups is 1. The molecule has 0 aliphatic rings. The van der Waals surface area contributed by atoms with Gasteiger partial charge >= 0.3 is 0 Å². The van der Waals surface area contributed by atoms with E-state index in [1.54, 1.807) is 24.3 Å². The van der Waals surface area contributed by atoms with E-state index in [2.05, 4.69) is 29.3 Å². The summed E-state index contributed by atoms with van der Waals surface area (Å²) in [5, 5.41) is 2.29. The number of benzene rings is 2. The molecule has 0 radical (unpaired) electrons. The molecule has 27 heavy (non-hydrogen) atoms. The Bertz CT molecular complexity index is 947. The summed E-state index contributed by atoms with van der Waals surface area (Å²) in [5.41, 5.74) is 1.91. The van der Waals surface area contributed by atoms with Crippen molar-refractivity contribution in [3.8, 4) is 21.6 Å². The number of nitrogens with zero attached hydrogens (tertiary/aromatic N) is 1. The molecule has 1 aromatic heterocycles. The van der Waals surface area contributed by atoms with Crippen LogP contribution in [-0.2, 0) is 6.42 Å². The highest BCUT2D eigenvalue weighted by Gasteiger charge is 2.16. The summed E-state index contributed by atoms with van der Waals surface area (Å²) in [4.78, 5) is 5.67. The molecule has 1 heterocycles. The van der Waals surface area contributed by atoms with Crippen molar-refractivity contribution >= 4 is 34.4 Å². The minimum absolute atomic E-state index is 0.0485. The van der Waals surface area contributed by atoms with Crippen LogP contribution in [0.3, 0.4) is 0 Å². The lowest BCUT2D eigenvalue weighted by Crippen LogP contribution is -1.90. The van der Waals surface area contributed by atoms with Gasteiger partial charge in [0.15, 0.2) is 0 Å². The predicted molar refractivity (Wildman–Crippen MR) is 113 cm³/mol. The van der Waals surface area contributed by atoms with Crippen LogP contribution in [0.15, 0.2) is 53.5 Å². The van der Waals surface area contributed by atoms with Crippen molar-refractivity contribution in [1.82, 2.24) is 0 Å². The smallest absolute Gasteiger partial charge is 0.135 e. The van der Waals surface area contributed by atoms with Gasteiger partial charge in [0, 0.05) is 9.75 Å². The molecule has 138 valence electrons. The molecule has 0 fully saturated rings. The van der Waals surface area contributed by atoms with Gasteiger partial charge in [0.1, 0.15) is 11.6 Å². The first-order valence-electron chi connectivity index (χ1n) is 8.88. The summed E-state index contributed by atoms with van der Waals surface area (Å²) in [6.45, 7) is 2.16. The third-order valence-corrected chi connectivity index (χ3v) is 5.61. The zero-order valence-corrected chi connectivity index (χ0v) is 16.6. The lowest BCUT2D eigenvalue weighted by Gasteiger charge is -2.07. The van der Waals surface area contributed by atoms with E-state index in [9.17, 15) is 8.78 Å². The summed E-state index contributed by atoms with van der Waals surface area (Å²) < 4.78 is 29.4. The number of rotatable bonds is 7. The van der Waals surface area contributed by atoms with Gasteiger partial charge in [-0.1, -0.05) is 31.9 Å². The summed E-state index contributed by atoms with van der Waals surface area (Å²) in [6, 6.07) is 13.5. The highest BCUT2D eigenvalue weighted by molar-refractivity contribution is 7.78. The predicted octanol–water partition coefficient (Wildman–Crippen LogP) is 7.83. The third kappa shape index (κ3) is 4.75. The molecule has 2 aromatic carbocycles. The molecule has 0 saturated carbocycles. The van der Waals surface area contributed by atoms with Crippen molar-refractivity contribution in [2.45, 2.75) is 32.6 Å². The summed E-state index contributed by atoms with van der Waals surface area (Å²) in [6.07, 6.45) is 4.38. The minimum atomic E-state index is -0.548. The van der Waals surface area contributed by atoms with Crippen molar-refractivity contribution in [3.05, 3.63) is 65.0 Å². The third-order valence-electron chi connectivity index (χ3n) is 4.35. The lowest BCUT2D eigenvalue weighted by atomic mass is 10.0. The number of aryl methyl sites for hydroxylation is 1. The van der Waals surface area contributed by atoms with Crippen LogP contribution < -0.4 is 0 Å².